The Kier molecular flexibility index (Phi) is 4.92. The predicted octanol–water partition coefficient (Wildman–Crippen LogP) is 1.80. The third-order valence-corrected chi connectivity index (χ3v) is 4.79. The molecule has 6 heteroatoms. The summed E-state index contributed by atoms with van der Waals surface area (Å²) >= 11 is 0. The average molecular weight is 333 g/mol. The molecule has 130 valence electrons. The molecule has 24 heavy (non-hydrogen) atoms. The van der Waals surface area contributed by atoms with Crippen LogP contribution >= 0.6 is 0 Å². The second kappa shape index (κ2) is 7.11. The summed E-state index contributed by atoms with van der Waals surface area (Å²) in [7, 11) is 2.98. The molecule has 1 aromatic rings. The van der Waals surface area contributed by atoms with Crippen LogP contribution in [-0.2, 0) is 20.7 Å². The van der Waals surface area contributed by atoms with Gasteiger partial charge < -0.3 is 19.1 Å². The Bertz CT molecular complexity index is 630. The summed E-state index contributed by atoms with van der Waals surface area (Å²) < 4.78 is 15.8. The highest BCUT2D eigenvalue weighted by Gasteiger charge is 2.37. The minimum Gasteiger partial charge on any atom is -0.497 e. The van der Waals surface area contributed by atoms with Crippen LogP contribution in [0.2, 0.25) is 0 Å². The summed E-state index contributed by atoms with van der Waals surface area (Å²) in [6, 6.07) is 5.18. The van der Waals surface area contributed by atoms with E-state index in [9.17, 15) is 9.59 Å². The van der Waals surface area contributed by atoms with E-state index < -0.39 is 6.04 Å². The molecule has 0 aliphatic carbocycles. The molecule has 1 amide bonds. The van der Waals surface area contributed by atoms with Crippen LogP contribution < -0.4 is 9.47 Å². The number of hydrogen-bond acceptors (Lipinski definition) is 5. The molecule has 1 saturated heterocycles. The van der Waals surface area contributed by atoms with Crippen molar-refractivity contribution in [1.82, 2.24) is 4.90 Å². The number of hydrogen-bond donors (Lipinski definition) is 0. The first-order valence-electron chi connectivity index (χ1n) is 8.32. The highest BCUT2D eigenvalue weighted by molar-refractivity contribution is 5.86. The van der Waals surface area contributed by atoms with Gasteiger partial charge >= 0.3 is 5.97 Å². The number of esters is 1. The molecule has 0 N–H and O–H groups in total. The summed E-state index contributed by atoms with van der Waals surface area (Å²) in [5.74, 6) is 0.884. The number of carbonyl (C=O) groups excluding carboxylic acids is 2. The normalized spacial score (nSPS) is 23.0. The number of rotatable bonds is 3. The van der Waals surface area contributed by atoms with Crippen LogP contribution in [0.25, 0.3) is 0 Å². The summed E-state index contributed by atoms with van der Waals surface area (Å²) in [5.41, 5.74) is 0.993. The molecule has 2 heterocycles. The SMILES string of the molecule is COC(=O)[C@H]1CCCCN1C(=O)[C@H]1COc2cc(OC)ccc2C1. The second-order valence-electron chi connectivity index (χ2n) is 6.25. The number of benzene rings is 1. The Morgan fingerprint density at radius 1 is 1.25 bits per heavy atom. The van der Waals surface area contributed by atoms with E-state index in [0.29, 0.717) is 26.0 Å². The fourth-order valence-electron chi connectivity index (χ4n) is 3.45. The van der Waals surface area contributed by atoms with Gasteiger partial charge in [0.1, 0.15) is 24.1 Å². The third-order valence-electron chi connectivity index (χ3n) is 4.79. The lowest BCUT2D eigenvalue weighted by atomic mass is 9.93. The molecule has 2 aliphatic rings. The van der Waals surface area contributed by atoms with E-state index in [1.54, 1.807) is 12.0 Å². The van der Waals surface area contributed by atoms with Gasteiger partial charge in [-0.05, 0) is 37.3 Å². The number of likely N-dealkylation sites (tertiary alicyclic amines) is 1. The Morgan fingerprint density at radius 2 is 2.08 bits per heavy atom. The van der Waals surface area contributed by atoms with Crippen molar-refractivity contribution in [2.45, 2.75) is 31.7 Å². The number of nitrogens with zero attached hydrogens (tertiary/aromatic N) is 1. The van der Waals surface area contributed by atoms with E-state index in [-0.39, 0.29) is 17.8 Å². The van der Waals surface area contributed by atoms with Crippen LogP contribution in [-0.4, -0.2) is 50.2 Å². The third kappa shape index (κ3) is 3.18. The number of methoxy groups -OCH3 is 2. The molecule has 0 saturated carbocycles. The van der Waals surface area contributed by atoms with Gasteiger partial charge in [-0.3, -0.25) is 4.79 Å². The van der Waals surface area contributed by atoms with Crippen LogP contribution in [0.3, 0.4) is 0 Å². The van der Waals surface area contributed by atoms with Crippen LogP contribution in [0.15, 0.2) is 18.2 Å². The van der Waals surface area contributed by atoms with Crippen molar-refractivity contribution in [3.05, 3.63) is 23.8 Å². The monoisotopic (exact) mass is 333 g/mol. The lowest BCUT2D eigenvalue weighted by Crippen LogP contribution is -2.52. The van der Waals surface area contributed by atoms with E-state index >= 15 is 0 Å². The summed E-state index contributed by atoms with van der Waals surface area (Å²) in [5, 5.41) is 0. The number of piperidine rings is 1. The minimum atomic E-state index is -0.464. The van der Waals surface area contributed by atoms with Gasteiger partial charge in [-0.25, -0.2) is 4.79 Å². The number of carbonyl (C=O) groups is 2. The fourth-order valence-corrected chi connectivity index (χ4v) is 3.45. The number of amides is 1. The molecule has 0 aromatic heterocycles. The van der Waals surface area contributed by atoms with Gasteiger partial charge in [0, 0.05) is 12.6 Å². The van der Waals surface area contributed by atoms with Gasteiger partial charge in [-0.2, -0.15) is 0 Å². The maximum absolute atomic E-state index is 12.9. The Morgan fingerprint density at radius 3 is 2.83 bits per heavy atom. The molecule has 1 aromatic carbocycles. The van der Waals surface area contributed by atoms with E-state index in [2.05, 4.69) is 0 Å². The zero-order chi connectivity index (χ0) is 17.1. The van der Waals surface area contributed by atoms with Crippen molar-refractivity contribution >= 4 is 11.9 Å². The zero-order valence-electron chi connectivity index (χ0n) is 14.1. The maximum Gasteiger partial charge on any atom is 0.328 e. The van der Waals surface area contributed by atoms with Gasteiger partial charge in [0.2, 0.25) is 5.91 Å². The van der Waals surface area contributed by atoms with Crippen LogP contribution in [0.4, 0.5) is 0 Å². The molecule has 1 fully saturated rings. The lowest BCUT2D eigenvalue weighted by Gasteiger charge is -2.37. The predicted molar refractivity (Wildman–Crippen MR) is 87.1 cm³/mol. The van der Waals surface area contributed by atoms with Crippen molar-refractivity contribution in [3.8, 4) is 11.5 Å². The maximum atomic E-state index is 12.9. The molecular formula is C18H23NO5. The molecule has 0 radical (unpaired) electrons. The molecule has 0 spiro atoms. The fraction of sp³-hybridized carbons (Fsp3) is 0.556. The Balaban J connectivity index is 1.74. The molecule has 6 nitrogen and oxygen atoms in total. The highest BCUT2D eigenvalue weighted by Crippen LogP contribution is 2.32. The van der Waals surface area contributed by atoms with Crippen LogP contribution in [0.1, 0.15) is 24.8 Å². The molecule has 2 aliphatic heterocycles. The van der Waals surface area contributed by atoms with Crippen LogP contribution in [0, 0.1) is 5.92 Å². The summed E-state index contributed by atoms with van der Waals surface area (Å²) in [6.07, 6.45) is 3.14. The van der Waals surface area contributed by atoms with Crippen molar-refractivity contribution in [2.24, 2.45) is 5.92 Å². The Labute approximate surface area is 141 Å². The molecule has 0 unspecified atom stereocenters. The van der Waals surface area contributed by atoms with Gasteiger partial charge in [0.25, 0.3) is 0 Å². The van der Waals surface area contributed by atoms with Crippen molar-refractivity contribution in [2.75, 3.05) is 27.4 Å². The molecule has 2 atom stereocenters. The first-order chi connectivity index (χ1) is 11.6. The van der Waals surface area contributed by atoms with Gasteiger partial charge in [-0.15, -0.1) is 0 Å². The standard InChI is InChI=1S/C18H23NO5/c1-22-14-7-6-12-9-13(11-24-16(12)10-14)17(20)19-8-4-3-5-15(19)18(21)23-2/h6-7,10,13,15H,3-5,8-9,11H2,1-2H3/t13-,15-/m1/s1. The van der Waals surface area contributed by atoms with E-state index in [1.807, 2.05) is 18.2 Å². The van der Waals surface area contributed by atoms with Gasteiger partial charge in [-0.1, -0.05) is 6.07 Å². The highest BCUT2D eigenvalue weighted by atomic mass is 16.5. The Hall–Kier alpha value is -2.24. The number of ether oxygens (including phenoxy) is 3. The quantitative estimate of drug-likeness (QED) is 0.789. The second-order valence-corrected chi connectivity index (χ2v) is 6.25. The van der Waals surface area contributed by atoms with Crippen molar-refractivity contribution in [1.29, 1.82) is 0 Å². The lowest BCUT2D eigenvalue weighted by molar-refractivity contribution is -0.156. The van der Waals surface area contributed by atoms with E-state index in [1.165, 1.54) is 7.11 Å². The van der Waals surface area contributed by atoms with Crippen LogP contribution in [0.5, 0.6) is 11.5 Å². The average Bonchev–Trinajstić information content (AvgIpc) is 2.65. The minimum absolute atomic E-state index is 0.0217. The summed E-state index contributed by atoms with van der Waals surface area (Å²) in [6.45, 7) is 0.925. The molecule has 0 bridgehead atoms. The first-order valence-corrected chi connectivity index (χ1v) is 8.32. The zero-order valence-corrected chi connectivity index (χ0v) is 14.1. The van der Waals surface area contributed by atoms with Gasteiger partial charge in [0.15, 0.2) is 0 Å². The largest absolute Gasteiger partial charge is 0.497 e. The van der Waals surface area contributed by atoms with Crippen molar-refractivity contribution < 1.29 is 23.8 Å². The smallest absolute Gasteiger partial charge is 0.328 e. The topological polar surface area (TPSA) is 65.1 Å². The number of fused-ring (bicyclic) bond motifs is 1. The van der Waals surface area contributed by atoms with E-state index in [4.69, 9.17) is 14.2 Å². The first kappa shape index (κ1) is 16.6. The van der Waals surface area contributed by atoms with E-state index in [0.717, 1.165) is 29.9 Å². The van der Waals surface area contributed by atoms with Gasteiger partial charge in [0.05, 0.1) is 20.1 Å². The molecule has 3 rings (SSSR count). The summed E-state index contributed by atoms with van der Waals surface area (Å²) in [4.78, 5) is 26.6. The molecular weight excluding hydrogens is 310 g/mol. The van der Waals surface area contributed by atoms with Crippen molar-refractivity contribution in [3.63, 3.8) is 0 Å².